The summed E-state index contributed by atoms with van der Waals surface area (Å²) in [5, 5.41) is 17.2. The minimum atomic E-state index is -1.75. The second kappa shape index (κ2) is 33.0. The number of carbonyl (C=O) groups excluding carboxylic acids is 2. The van der Waals surface area contributed by atoms with Crippen LogP contribution < -0.4 is 5.11 Å². The molecule has 188 valence electrons. The summed E-state index contributed by atoms with van der Waals surface area (Å²) in [7, 11) is 0. The van der Waals surface area contributed by atoms with Gasteiger partial charge >= 0.3 is 121 Å². The van der Waals surface area contributed by atoms with Crippen molar-refractivity contribution < 1.29 is 19.8 Å². The van der Waals surface area contributed by atoms with E-state index in [0.717, 1.165) is 0 Å². The van der Waals surface area contributed by atoms with Crippen molar-refractivity contribution in [2.45, 2.75) is 138 Å². The molecule has 1 N–H and O–H groups in total. The maximum Gasteiger partial charge on any atom is 0.0984 e. The van der Waals surface area contributed by atoms with Gasteiger partial charge in [0.25, 0.3) is 0 Å². The summed E-state index contributed by atoms with van der Waals surface area (Å²) in [6.45, 7) is 10.4. The number of aliphatic carboxylic acids is 1. The van der Waals surface area contributed by atoms with Gasteiger partial charge in [0.2, 0.25) is 0 Å². The molecule has 0 aromatic carbocycles. The quantitative estimate of drug-likeness (QED) is 0.0811. The number of aliphatic hydroxyl groups excluding tert-OH is 1. The third-order valence-electron chi connectivity index (χ3n) is 4.81. The Morgan fingerprint density at radius 2 is 1.25 bits per heavy atom. The van der Waals surface area contributed by atoms with E-state index in [1.807, 2.05) is 6.08 Å². The van der Waals surface area contributed by atoms with Gasteiger partial charge in [0.05, 0.1) is 12.1 Å². The smallest absolute Gasteiger partial charge is 0.0984 e. The number of carboxylic acid groups (broad SMARTS) is 1. The summed E-state index contributed by atoms with van der Waals surface area (Å²) in [5.74, 6) is -1.67. The van der Waals surface area contributed by atoms with Crippen LogP contribution in [-0.2, 0) is 22.2 Å². The van der Waals surface area contributed by atoms with Gasteiger partial charge in [0.1, 0.15) is 0 Å². The Morgan fingerprint density at radius 3 is 1.53 bits per heavy atom. The molecule has 1 unspecified atom stereocenters. The molecule has 0 aromatic rings. The number of carboxylic acids is 1. The first-order chi connectivity index (χ1) is 15.4. The van der Waals surface area contributed by atoms with Crippen molar-refractivity contribution in [2.24, 2.45) is 0 Å². The standard InChI is InChI=1S/2C8H17.C6H12.C4H6O4S.Sn/c2*1-3-5-7-8-6-4-2;1-3-5-6-4-2;5-2(4(7)8)1-3(6)9;/h2*1,3-8H2,2H3;3H,1,4-6H2,2H3;2,5H,1H2,(H,6,9)(H,7,8);/q;;;;+2/p-2. The molecular weight excluding hydrogens is 527 g/mol. The monoisotopic (exact) mass is 578 g/mol. The Labute approximate surface area is 215 Å². The third kappa shape index (κ3) is 40.2. The van der Waals surface area contributed by atoms with E-state index in [1.54, 1.807) is 21.7 Å². The Bertz CT molecular complexity index is 391. The molecule has 0 radical (unpaired) electrons. The van der Waals surface area contributed by atoms with Crippen LogP contribution in [0.1, 0.15) is 124 Å². The van der Waals surface area contributed by atoms with E-state index in [2.05, 4.69) is 40.0 Å². The number of unbranched alkanes of at least 4 members (excludes halogenated alkanes) is 12. The first-order valence-electron chi connectivity index (χ1n) is 12.8. The molecule has 0 saturated heterocycles. The van der Waals surface area contributed by atoms with Crippen LogP contribution in [0.5, 0.6) is 0 Å². The molecule has 0 fully saturated rings. The number of allylic oxidation sites excluding steroid dienone is 1. The van der Waals surface area contributed by atoms with Crippen molar-refractivity contribution in [1.29, 1.82) is 0 Å². The van der Waals surface area contributed by atoms with E-state index in [0.29, 0.717) is 0 Å². The topological polar surface area (TPSA) is 77.4 Å². The van der Waals surface area contributed by atoms with Crippen LogP contribution in [0, 0.1) is 0 Å². The molecule has 4 nitrogen and oxygen atoms in total. The average Bonchev–Trinajstić information content (AvgIpc) is 2.76. The van der Waals surface area contributed by atoms with E-state index in [9.17, 15) is 14.7 Å². The first-order valence-corrected chi connectivity index (χ1v) is 17.2. The van der Waals surface area contributed by atoms with Gasteiger partial charge in [-0.05, 0) is 6.42 Å². The van der Waals surface area contributed by atoms with E-state index < -0.39 is 23.6 Å². The van der Waals surface area contributed by atoms with Crippen molar-refractivity contribution in [3.05, 3.63) is 12.7 Å². The minimum absolute atomic E-state index is 0.0736. The van der Waals surface area contributed by atoms with Crippen LogP contribution >= 0.6 is 0 Å². The second-order valence-electron chi connectivity index (χ2n) is 8.13. The van der Waals surface area contributed by atoms with Crippen molar-refractivity contribution >= 4 is 44.9 Å². The molecule has 6 heteroatoms. The van der Waals surface area contributed by atoms with Crippen molar-refractivity contribution in [2.75, 3.05) is 0 Å². The Morgan fingerprint density at radius 1 is 0.844 bits per heavy atom. The number of hydrogen-bond acceptors (Lipinski definition) is 5. The largest absolute Gasteiger partial charge is 0.742 e. The number of aliphatic hydroxyl groups is 1. The molecule has 0 heterocycles. The van der Waals surface area contributed by atoms with Crippen LogP contribution in [0.25, 0.3) is 0 Å². The van der Waals surface area contributed by atoms with Crippen LogP contribution in [-0.4, -0.2) is 43.4 Å². The number of rotatable bonds is 20. The second-order valence-corrected chi connectivity index (χ2v) is 12.9. The average molecular weight is 577 g/mol. The van der Waals surface area contributed by atoms with E-state index in [4.69, 9.17) is 5.11 Å². The summed E-state index contributed by atoms with van der Waals surface area (Å²) in [5.41, 5.74) is 0. The SMILES string of the molecule is C=CCCCC.CCCCCCC[CH2][Sn+2][CH2]CCCCCCC.O=C([S-])CC(O)C(=O)[O-]. The van der Waals surface area contributed by atoms with Gasteiger partial charge in [-0.25, -0.2) is 0 Å². The summed E-state index contributed by atoms with van der Waals surface area (Å²) >= 11 is 4.06. The number of carbonyl (C=O) groups is 2. The number of hydrogen-bond donors (Lipinski definition) is 1. The summed E-state index contributed by atoms with van der Waals surface area (Å²) in [6, 6.07) is 0. The van der Waals surface area contributed by atoms with Gasteiger partial charge in [-0.3, -0.25) is 0 Å². The van der Waals surface area contributed by atoms with Crippen molar-refractivity contribution in [1.82, 2.24) is 0 Å². The van der Waals surface area contributed by atoms with E-state index >= 15 is 0 Å². The van der Waals surface area contributed by atoms with Gasteiger partial charge in [-0.15, -0.1) is 6.58 Å². The molecule has 0 amide bonds. The molecule has 1 atom stereocenters. The Kier molecular flexibility index (Phi) is 37.6. The summed E-state index contributed by atoms with van der Waals surface area (Å²) in [4.78, 5) is 19.6. The zero-order valence-corrected chi connectivity index (χ0v) is 24.8. The first kappa shape index (κ1) is 36.4. The van der Waals surface area contributed by atoms with Crippen LogP contribution in [0.15, 0.2) is 12.7 Å². The molecule has 0 bridgehead atoms. The normalized spacial score (nSPS) is 10.6. The molecule has 0 aromatic heterocycles. The van der Waals surface area contributed by atoms with Crippen molar-refractivity contribution in [3.8, 4) is 0 Å². The van der Waals surface area contributed by atoms with E-state index in [1.165, 1.54) is 83.5 Å². The van der Waals surface area contributed by atoms with E-state index in [-0.39, 0.29) is 21.1 Å². The van der Waals surface area contributed by atoms with Gasteiger partial charge in [0.15, 0.2) is 0 Å². The van der Waals surface area contributed by atoms with Crippen LogP contribution in [0.3, 0.4) is 0 Å². The van der Waals surface area contributed by atoms with Crippen LogP contribution in [0.4, 0.5) is 0 Å². The van der Waals surface area contributed by atoms with Gasteiger partial charge in [0, 0.05) is 11.5 Å². The molecule has 0 aliphatic heterocycles. The summed E-state index contributed by atoms with van der Waals surface area (Å²) in [6.07, 6.45) is 21.2. The summed E-state index contributed by atoms with van der Waals surface area (Å²) < 4.78 is 3.31. The molecule has 0 spiro atoms. The fourth-order valence-electron chi connectivity index (χ4n) is 2.78. The van der Waals surface area contributed by atoms with Gasteiger partial charge < -0.3 is 32.4 Å². The maximum atomic E-state index is 9.92. The van der Waals surface area contributed by atoms with Crippen LogP contribution in [0.2, 0.25) is 8.87 Å². The molecule has 0 rings (SSSR count). The predicted molar refractivity (Wildman–Crippen MR) is 140 cm³/mol. The maximum absolute atomic E-state index is 9.92. The zero-order chi connectivity index (χ0) is 24.9. The third-order valence-corrected chi connectivity index (χ3v) is 9.01. The molecule has 32 heavy (non-hydrogen) atoms. The zero-order valence-electron chi connectivity index (χ0n) is 21.2. The predicted octanol–water partition coefficient (Wildman–Crippen LogP) is 6.17. The molecule has 0 aliphatic carbocycles. The fraction of sp³-hybridized carbons (Fsp3) is 0.846. The molecular formula is C26H50O4SSn. The molecule has 0 saturated carbocycles. The minimum Gasteiger partial charge on any atom is -0.742 e. The molecule has 0 aliphatic rings. The fourth-order valence-corrected chi connectivity index (χ4v) is 6.50. The Balaban J connectivity index is -0.000000466. The van der Waals surface area contributed by atoms with Crippen molar-refractivity contribution in [3.63, 3.8) is 0 Å². The van der Waals surface area contributed by atoms with Gasteiger partial charge in [-0.2, -0.15) is 0 Å². The van der Waals surface area contributed by atoms with Gasteiger partial charge in [-0.1, -0.05) is 25.8 Å². The Hall–Kier alpha value is -0.141.